The molecule has 3 rings (SSSR count). The van der Waals surface area contributed by atoms with E-state index in [1.54, 1.807) is 0 Å². The van der Waals surface area contributed by atoms with Gasteiger partial charge in [-0.1, -0.05) is 57.4 Å². The molecule has 142 valence electrons. The van der Waals surface area contributed by atoms with Gasteiger partial charge < -0.3 is 16.0 Å². The summed E-state index contributed by atoms with van der Waals surface area (Å²) in [4.78, 5) is 25.5. The molecule has 4 N–H and O–H groups in total. The number of carbonyl (C=O) groups excluding carboxylic acids is 2. The van der Waals surface area contributed by atoms with Gasteiger partial charge in [-0.15, -0.1) is 0 Å². The van der Waals surface area contributed by atoms with E-state index in [1.807, 2.05) is 26.0 Å². The lowest BCUT2D eigenvalue weighted by molar-refractivity contribution is -0.695. The van der Waals surface area contributed by atoms with Crippen molar-refractivity contribution in [1.29, 1.82) is 0 Å². The topological polar surface area (TPSA) is 74.8 Å². The van der Waals surface area contributed by atoms with E-state index >= 15 is 0 Å². The van der Waals surface area contributed by atoms with Gasteiger partial charge in [-0.05, 0) is 24.3 Å². The van der Waals surface area contributed by atoms with Gasteiger partial charge in [0.15, 0.2) is 6.04 Å². The lowest BCUT2D eigenvalue weighted by Crippen LogP contribution is -2.93. The molecule has 1 aromatic carbocycles. The minimum absolute atomic E-state index is 0.0306. The van der Waals surface area contributed by atoms with Crippen molar-refractivity contribution in [2.75, 3.05) is 0 Å². The lowest BCUT2D eigenvalue weighted by Gasteiger charge is -2.29. The van der Waals surface area contributed by atoms with Gasteiger partial charge in [0.2, 0.25) is 5.91 Å². The van der Waals surface area contributed by atoms with Crippen LogP contribution in [0.2, 0.25) is 0 Å². The lowest BCUT2D eigenvalue weighted by atomic mass is 9.93. The summed E-state index contributed by atoms with van der Waals surface area (Å²) in [5.74, 6) is 0.00636. The molecular weight excluding hydrogens is 326 g/mol. The molecule has 2 amide bonds. The Labute approximate surface area is 156 Å². The SMILES string of the molecule is CC(C)[C@@H](NC(=O)[C@@H]1Cc2ccccc2C[NH2+]1)C(=O)NC1CCCCC1. The Morgan fingerprint density at radius 1 is 1.08 bits per heavy atom. The van der Waals surface area contributed by atoms with Crippen LogP contribution >= 0.6 is 0 Å². The summed E-state index contributed by atoms with van der Waals surface area (Å²) < 4.78 is 0. The first kappa shape index (κ1) is 18.9. The van der Waals surface area contributed by atoms with Crippen LogP contribution in [-0.4, -0.2) is 29.9 Å². The predicted octanol–water partition coefficient (Wildman–Crippen LogP) is 1.26. The number of benzene rings is 1. The zero-order valence-electron chi connectivity index (χ0n) is 16.0. The first-order chi connectivity index (χ1) is 12.5. The first-order valence-electron chi connectivity index (χ1n) is 10.1. The molecule has 2 atom stereocenters. The standard InChI is InChI=1S/C21H31N3O2/c1-14(2)19(21(26)23-17-10-4-3-5-11-17)24-20(25)18-12-15-8-6-7-9-16(15)13-22-18/h6-9,14,17-19,22H,3-5,10-13H2,1-2H3,(H,23,26)(H,24,25)/p+1/t18-,19+/m0/s1. The van der Waals surface area contributed by atoms with E-state index in [1.165, 1.54) is 30.4 Å². The molecule has 1 aliphatic heterocycles. The van der Waals surface area contributed by atoms with Gasteiger partial charge in [-0.2, -0.15) is 0 Å². The maximum Gasteiger partial charge on any atom is 0.279 e. The summed E-state index contributed by atoms with van der Waals surface area (Å²) in [6, 6.07) is 7.92. The van der Waals surface area contributed by atoms with Gasteiger partial charge in [0.25, 0.3) is 5.91 Å². The molecule has 1 heterocycles. The van der Waals surface area contributed by atoms with Gasteiger partial charge in [-0.25, -0.2) is 0 Å². The van der Waals surface area contributed by atoms with Gasteiger partial charge in [0, 0.05) is 18.0 Å². The van der Waals surface area contributed by atoms with Crippen molar-refractivity contribution in [3.05, 3.63) is 35.4 Å². The molecule has 1 saturated carbocycles. The van der Waals surface area contributed by atoms with Crippen LogP contribution in [-0.2, 0) is 22.6 Å². The van der Waals surface area contributed by atoms with Crippen LogP contribution in [0.4, 0.5) is 0 Å². The van der Waals surface area contributed by atoms with Crippen LogP contribution in [0.25, 0.3) is 0 Å². The number of nitrogens with one attached hydrogen (secondary N) is 2. The second kappa shape index (κ2) is 8.67. The van der Waals surface area contributed by atoms with Gasteiger partial charge in [0.1, 0.15) is 12.6 Å². The maximum absolute atomic E-state index is 12.8. The minimum atomic E-state index is -0.463. The fourth-order valence-electron chi connectivity index (χ4n) is 4.08. The van der Waals surface area contributed by atoms with Crippen LogP contribution in [0.1, 0.15) is 57.1 Å². The number of quaternary nitrogens is 1. The van der Waals surface area contributed by atoms with E-state index in [2.05, 4.69) is 28.1 Å². The van der Waals surface area contributed by atoms with E-state index in [0.29, 0.717) is 0 Å². The van der Waals surface area contributed by atoms with Crippen molar-refractivity contribution in [3.63, 3.8) is 0 Å². The van der Waals surface area contributed by atoms with Gasteiger partial charge >= 0.3 is 0 Å². The van der Waals surface area contributed by atoms with Crippen LogP contribution < -0.4 is 16.0 Å². The number of fused-ring (bicyclic) bond motifs is 1. The Morgan fingerprint density at radius 2 is 1.77 bits per heavy atom. The van der Waals surface area contributed by atoms with Crippen molar-refractivity contribution in [2.45, 2.75) is 77.0 Å². The molecule has 0 spiro atoms. The average molecular weight is 359 g/mol. The number of hydrogen-bond acceptors (Lipinski definition) is 2. The average Bonchev–Trinajstić information content (AvgIpc) is 2.66. The zero-order valence-corrected chi connectivity index (χ0v) is 16.0. The molecule has 0 unspecified atom stereocenters. The van der Waals surface area contributed by atoms with Crippen molar-refractivity contribution in [2.24, 2.45) is 5.92 Å². The third-order valence-corrected chi connectivity index (χ3v) is 5.72. The van der Waals surface area contributed by atoms with Crippen molar-refractivity contribution >= 4 is 11.8 Å². The van der Waals surface area contributed by atoms with Crippen LogP contribution in [0.3, 0.4) is 0 Å². The number of nitrogens with two attached hydrogens (primary N) is 1. The first-order valence-corrected chi connectivity index (χ1v) is 10.1. The van der Waals surface area contributed by atoms with Gasteiger partial charge in [-0.3, -0.25) is 9.59 Å². The van der Waals surface area contributed by atoms with Crippen LogP contribution in [0.5, 0.6) is 0 Å². The molecule has 26 heavy (non-hydrogen) atoms. The van der Waals surface area contributed by atoms with E-state index in [0.717, 1.165) is 25.8 Å². The summed E-state index contributed by atoms with van der Waals surface area (Å²) in [5.41, 5.74) is 2.54. The van der Waals surface area contributed by atoms with Crippen molar-refractivity contribution in [3.8, 4) is 0 Å². The minimum Gasteiger partial charge on any atom is -0.352 e. The Bertz CT molecular complexity index is 638. The summed E-state index contributed by atoms with van der Waals surface area (Å²) in [7, 11) is 0. The zero-order chi connectivity index (χ0) is 18.5. The number of hydrogen-bond donors (Lipinski definition) is 3. The highest BCUT2D eigenvalue weighted by atomic mass is 16.2. The monoisotopic (exact) mass is 358 g/mol. The third-order valence-electron chi connectivity index (χ3n) is 5.72. The molecule has 0 aromatic heterocycles. The molecule has 0 bridgehead atoms. The second-order valence-corrected chi connectivity index (χ2v) is 8.09. The van der Waals surface area contributed by atoms with E-state index in [9.17, 15) is 9.59 Å². The number of amides is 2. The Balaban J connectivity index is 1.59. The van der Waals surface area contributed by atoms with Gasteiger partial charge in [0.05, 0.1) is 0 Å². The molecule has 1 aliphatic carbocycles. The fourth-order valence-corrected chi connectivity index (χ4v) is 4.08. The maximum atomic E-state index is 12.8. The molecule has 5 nitrogen and oxygen atoms in total. The second-order valence-electron chi connectivity index (χ2n) is 8.09. The number of rotatable bonds is 5. The smallest absolute Gasteiger partial charge is 0.279 e. The predicted molar refractivity (Wildman–Crippen MR) is 101 cm³/mol. The molecule has 0 saturated heterocycles. The molecule has 2 aliphatic rings. The summed E-state index contributed by atoms with van der Waals surface area (Å²) in [5, 5.41) is 8.26. The highest BCUT2D eigenvalue weighted by Crippen LogP contribution is 2.18. The number of carbonyl (C=O) groups is 2. The fraction of sp³-hybridized carbons (Fsp3) is 0.619. The summed E-state index contributed by atoms with van der Waals surface area (Å²) in [6.45, 7) is 4.80. The van der Waals surface area contributed by atoms with Crippen molar-refractivity contribution in [1.82, 2.24) is 10.6 Å². The Morgan fingerprint density at radius 3 is 2.46 bits per heavy atom. The van der Waals surface area contributed by atoms with E-state index in [4.69, 9.17) is 0 Å². The molecular formula is C21H32N3O2+. The quantitative estimate of drug-likeness (QED) is 0.741. The van der Waals surface area contributed by atoms with E-state index < -0.39 is 6.04 Å². The van der Waals surface area contributed by atoms with Crippen LogP contribution in [0, 0.1) is 5.92 Å². The Hall–Kier alpha value is -1.88. The summed E-state index contributed by atoms with van der Waals surface area (Å²) >= 11 is 0. The highest BCUT2D eigenvalue weighted by molar-refractivity contribution is 5.89. The molecule has 1 fully saturated rings. The normalized spacial score (nSPS) is 21.7. The molecule has 0 radical (unpaired) electrons. The highest BCUT2D eigenvalue weighted by Gasteiger charge is 2.32. The van der Waals surface area contributed by atoms with Crippen LogP contribution in [0.15, 0.2) is 24.3 Å². The third kappa shape index (κ3) is 4.64. The largest absolute Gasteiger partial charge is 0.352 e. The van der Waals surface area contributed by atoms with Crippen molar-refractivity contribution < 1.29 is 14.9 Å². The molecule has 5 heteroatoms. The Kier molecular flexibility index (Phi) is 6.30. The summed E-state index contributed by atoms with van der Waals surface area (Å²) in [6.07, 6.45) is 6.45. The molecule has 1 aromatic rings. The van der Waals surface area contributed by atoms with E-state index in [-0.39, 0.29) is 29.8 Å².